The summed E-state index contributed by atoms with van der Waals surface area (Å²) in [4.78, 5) is 34.6. The first kappa shape index (κ1) is 16.5. The van der Waals surface area contributed by atoms with Crippen LogP contribution in [0.2, 0.25) is 0 Å². The molecule has 1 unspecified atom stereocenters. The topological polar surface area (TPSA) is 120 Å². The highest BCUT2D eigenvalue weighted by molar-refractivity contribution is 5.82. The second-order valence-corrected chi connectivity index (χ2v) is 4.64. The van der Waals surface area contributed by atoms with Crippen LogP contribution in [0.3, 0.4) is 0 Å². The molecule has 0 saturated carbocycles. The van der Waals surface area contributed by atoms with E-state index < -0.39 is 24.0 Å². The number of nitrogens with one attached hydrogen (secondary N) is 1. The first-order valence-corrected chi connectivity index (χ1v) is 6.31. The molecule has 116 valence electrons. The monoisotopic (exact) mass is 298 g/mol. The summed E-state index contributed by atoms with van der Waals surface area (Å²) in [6, 6.07) is 1.63. The summed E-state index contributed by atoms with van der Waals surface area (Å²) in [5, 5.41) is 19.8. The Hall–Kier alpha value is -2.51. The van der Waals surface area contributed by atoms with Crippen molar-refractivity contribution >= 4 is 18.0 Å². The number of carbonyl (C=O) groups is 3. The number of urea groups is 1. The average Bonchev–Trinajstić information content (AvgIpc) is 2.78. The predicted octanol–water partition coefficient (Wildman–Crippen LogP) is 1.05. The molecule has 0 aliphatic heterocycles. The minimum atomic E-state index is -1.27. The van der Waals surface area contributed by atoms with Gasteiger partial charge in [0.05, 0.1) is 6.54 Å². The molecule has 0 spiro atoms. The molecule has 3 N–H and O–H groups in total. The molecule has 0 fully saturated rings. The zero-order valence-corrected chi connectivity index (χ0v) is 11.8. The van der Waals surface area contributed by atoms with E-state index in [1.165, 1.54) is 11.9 Å². The van der Waals surface area contributed by atoms with Crippen molar-refractivity contribution in [1.29, 1.82) is 0 Å². The molecule has 1 heterocycles. The molecular formula is C13H18N2O6. The number of aliphatic carboxylic acids is 2. The van der Waals surface area contributed by atoms with Gasteiger partial charge in [-0.3, -0.25) is 4.79 Å². The van der Waals surface area contributed by atoms with Crippen molar-refractivity contribution in [2.75, 3.05) is 7.05 Å². The molecule has 1 aromatic heterocycles. The maximum absolute atomic E-state index is 11.9. The van der Waals surface area contributed by atoms with Crippen LogP contribution in [0.4, 0.5) is 4.79 Å². The van der Waals surface area contributed by atoms with E-state index in [-0.39, 0.29) is 19.4 Å². The van der Waals surface area contributed by atoms with Gasteiger partial charge >= 0.3 is 18.0 Å². The summed E-state index contributed by atoms with van der Waals surface area (Å²) in [7, 11) is 1.49. The zero-order chi connectivity index (χ0) is 16.0. The highest BCUT2D eigenvalue weighted by atomic mass is 16.4. The van der Waals surface area contributed by atoms with Crippen LogP contribution < -0.4 is 5.32 Å². The van der Waals surface area contributed by atoms with Gasteiger partial charge in [-0.15, -0.1) is 0 Å². The van der Waals surface area contributed by atoms with Gasteiger partial charge in [-0.25, -0.2) is 9.59 Å². The highest BCUT2D eigenvalue weighted by Gasteiger charge is 2.22. The molecule has 1 aromatic rings. The van der Waals surface area contributed by atoms with Gasteiger partial charge in [0.1, 0.15) is 17.6 Å². The number of aryl methyl sites for hydroxylation is 1. The van der Waals surface area contributed by atoms with Crippen LogP contribution in [-0.2, 0) is 16.1 Å². The standard InChI is InChI=1S/C13H18N2O6/c1-8-3-4-9(21-8)7-15(2)13(20)14-10(12(18)19)5-6-11(16)17/h3-4,10H,5-7H2,1-2H3,(H,14,20)(H,16,17)(H,18,19). The van der Waals surface area contributed by atoms with Gasteiger partial charge in [-0.2, -0.15) is 0 Å². The van der Waals surface area contributed by atoms with Crippen molar-refractivity contribution < 1.29 is 29.0 Å². The minimum Gasteiger partial charge on any atom is -0.481 e. The van der Waals surface area contributed by atoms with Crippen LogP contribution in [0, 0.1) is 6.92 Å². The van der Waals surface area contributed by atoms with Crippen molar-refractivity contribution in [3.8, 4) is 0 Å². The average molecular weight is 298 g/mol. The van der Waals surface area contributed by atoms with E-state index in [0.29, 0.717) is 11.5 Å². The smallest absolute Gasteiger partial charge is 0.326 e. The van der Waals surface area contributed by atoms with Crippen molar-refractivity contribution in [3.05, 3.63) is 23.7 Å². The minimum absolute atomic E-state index is 0.176. The van der Waals surface area contributed by atoms with Crippen molar-refractivity contribution in [2.24, 2.45) is 0 Å². The van der Waals surface area contributed by atoms with E-state index in [4.69, 9.17) is 14.6 Å². The van der Waals surface area contributed by atoms with Crippen molar-refractivity contribution in [3.63, 3.8) is 0 Å². The summed E-state index contributed by atoms with van der Waals surface area (Å²) in [5.41, 5.74) is 0. The number of hydrogen-bond acceptors (Lipinski definition) is 4. The van der Waals surface area contributed by atoms with E-state index in [1.54, 1.807) is 19.1 Å². The van der Waals surface area contributed by atoms with Crippen LogP contribution in [0.25, 0.3) is 0 Å². The summed E-state index contributed by atoms with van der Waals surface area (Å²) in [6.45, 7) is 1.96. The summed E-state index contributed by atoms with van der Waals surface area (Å²) < 4.78 is 5.32. The molecule has 8 heteroatoms. The van der Waals surface area contributed by atoms with Gasteiger partial charge in [0.25, 0.3) is 0 Å². The van der Waals surface area contributed by atoms with Crippen molar-refractivity contribution in [2.45, 2.75) is 32.4 Å². The fraction of sp³-hybridized carbons (Fsp3) is 0.462. The first-order chi connectivity index (χ1) is 9.79. The maximum atomic E-state index is 11.9. The Morgan fingerprint density at radius 2 is 2.00 bits per heavy atom. The summed E-state index contributed by atoms with van der Waals surface area (Å²) >= 11 is 0. The second-order valence-electron chi connectivity index (χ2n) is 4.64. The van der Waals surface area contributed by atoms with Gasteiger partial charge in [-0.05, 0) is 25.5 Å². The molecule has 0 radical (unpaired) electrons. The molecular weight excluding hydrogens is 280 g/mol. The Labute approximate surface area is 121 Å². The molecule has 8 nitrogen and oxygen atoms in total. The van der Waals surface area contributed by atoms with Crippen molar-refractivity contribution in [1.82, 2.24) is 10.2 Å². The lowest BCUT2D eigenvalue weighted by atomic mass is 10.1. The number of rotatable bonds is 7. The SMILES string of the molecule is Cc1ccc(CN(C)C(=O)NC(CCC(=O)O)C(=O)O)o1. The molecule has 0 aromatic carbocycles. The highest BCUT2D eigenvalue weighted by Crippen LogP contribution is 2.09. The van der Waals surface area contributed by atoms with Gasteiger partial charge in [0.15, 0.2) is 0 Å². The third-order valence-corrected chi connectivity index (χ3v) is 2.78. The quantitative estimate of drug-likeness (QED) is 0.692. The lowest BCUT2D eigenvalue weighted by Gasteiger charge is -2.20. The van der Waals surface area contributed by atoms with E-state index in [9.17, 15) is 14.4 Å². The van der Waals surface area contributed by atoms with Crippen LogP contribution >= 0.6 is 0 Å². The fourth-order valence-corrected chi connectivity index (χ4v) is 1.66. The molecule has 0 aliphatic rings. The Morgan fingerprint density at radius 1 is 1.33 bits per heavy atom. The Balaban J connectivity index is 2.55. The zero-order valence-electron chi connectivity index (χ0n) is 11.8. The Bertz CT molecular complexity index is 524. The molecule has 0 saturated heterocycles. The molecule has 1 atom stereocenters. The predicted molar refractivity (Wildman–Crippen MR) is 71.7 cm³/mol. The largest absolute Gasteiger partial charge is 0.481 e. The van der Waals surface area contributed by atoms with Crippen LogP contribution in [0.1, 0.15) is 24.4 Å². The second kappa shape index (κ2) is 7.32. The third-order valence-electron chi connectivity index (χ3n) is 2.78. The molecule has 0 bridgehead atoms. The van der Waals surface area contributed by atoms with Gasteiger partial charge in [0.2, 0.25) is 0 Å². The van der Waals surface area contributed by atoms with Crippen LogP contribution in [0.5, 0.6) is 0 Å². The lowest BCUT2D eigenvalue weighted by molar-refractivity contribution is -0.140. The van der Waals surface area contributed by atoms with E-state index in [1.807, 2.05) is 0 Å². The summed E-state index contributed by atoms with van der Waals surface area (Å²) in [5.74, 6) is -1.10. The first-order valence-electron chi connectivity index (χ1n) is 6.31. The Morgan fingerprint density at radius 3 is 2.48 bits per heavy atom. The van der Waals surface area contributed by atoms with Crippen LogP contribution in [0.15, 0.2) is 16.5 Å². The summed E-state index contributed by atoms with van der Waals surface area (Å²) in [6.07, 6.45) is -0.511. The Kier molecular flexibility index (Phi) is 5.77. The number of hydrogen-bond donors (Lipinski definition) is 3. The molecule has 1 rings (SSSR count). The van der Waals surface area contributed by atoms with Gasteiger partial charge in [-0.1, -0.05) is 0 Å². The number of carboxylic acids is 2. The normalized spacial score (nSPS) is 11.7. The van der Waals surface area contributed by atoms with Gasteiger partial charge in [0, 0.05) is 13.5 Å². The van der Waals surface area contributed by atoms with Crippen LogP contribution in [-0.4, -0.2) is 46.2 Å². The van der Waals surface area contributed by atoms with E-state index >= 15 is 0 Å². The van der Waals surface area contributed by atoms with E-state index in [2.05, 4.69) is 5.32 Å². The molecule has 21 heavy (non-hydrogen) atoms. The number of nitrogens with zero attached hydrogens (tertiary/aromatic N) is 1. The fourth-order valence-electron chi connectivity index (χ4n) is 1.66. The number of carbonyl (C=O) groups excluding carboxylic acids is 1. The third kappa shape index (κ3) is 5.55. The number of amides is 2. The maximum Gasteiger partial charge on any atom is 0.326 e. The van der Waals surface area contributed by atoms with E-state index in [0.717, 1.165) is 0 Å². The lowest BCUT2D eigenvalue weighted by Crippen LogP contribution is -2.46. The number of carboxylic acid groups (broad SMARTS) is 2. The number of furan rings is 1. The molecule has 2 amide bonds. The van der Waals surface area contributed by atoms with Gasteiger partial charge < -0.3 is 24.8 Å². The molecule has 0 aliphatic carbocycles.